The highest BCUT2D eigenvalue weighted by Gasteiger charge is 2.13. The first-order chi connectivity index (χ1) is 14.6. The fourth-order valence-corrected chi connectivity index (χ4v) is 3.61. The minimum Gasteiger partial charge on any atom is -0.423 e. The number of carbonyl (C=O) groups is 3. The lowest BCUT2D eigenvalue weighted by atomic mass is 10.0. The van der Waals surface area contributed by atoms with Crippen LogP contribution >= 0.6 is 23.5 Å². The van der Waals surface area contributed by atoms with E-state index >= 15 is 0 Å². The van der Waals surface area contributed by atoms with Crippen molar-refractivity contribution in [3.05, 3.63) is 84.0 Å². The van der Waals surface area contributed by atoms with E-state index in [0.717, 1.165) is 44.5 Å². The molecule has 0 radical (unpaired) electrons. The highest BCUT2D eigenvalue weighted by atomic mass is 32.2. The summed E-state index contributed by atoms with van der Waals surface area (Å²) in [4.78, 5) is 37.6. The summed E-state index contributed by atoms with van der Waals surface area (Å²) in [6.45, 7) is 14.2. The normalized spacial score (nSPS) is 11.4. The van der Waals surface area contributed by atoms with Crippen molar-refractivity contribution in [1.29, 1.82) is 0 Å². The zero-order valence-corrected chi connectivity index (χ0v) is 19.6. The molecule has 0 unspecified atom stereocenters. The number of thioether (sulfide) groups is 2. The van der Waals surface area contributed by atoms with E-state index < -0.39 is 5.97 Å². The minimum absolute atomic E-state index is 0.0758. The van der Waals surface area contributed by atoms with Gasteiger partial charge in [0.05, 0.1) is 0 Å². The lowest BCUT2D eigenvalue weighted by Crippen LogP contribution is -2.10. The van der Waals surface area contributed by atoms with Gasteiger partial charge in [0.1, 0.15) is 5.75 Å². The number of esters is 1. The molecule has 31 heavy (non-hydrogen) atoms. The summed E-state index contributed by atoms with van der Waals surface area (Å²) in [5.74, 6) is -0.0545. The fraction of sp³-hybridized carbons (Fsp3) is 0.160. The van der Waals surface area contributed by atoms with Crippen molar-refractivity contribution in [2.75, 3.05) is 0 Å². The van der Waals surface area contributed by atoms with Crippen LogP contribution in [0, 0.1) is 0 Å². The summed E-state index contributed by atoms with van der Waals surface area (Å²) >= 11 is 2.20. The van der Waals surface area contributed by atoms with Crippen molar-refractivity contribution in [2.24, 2.45) is 0 Å². The summed E-state index contributed by atoms with van der Waals surface area (Å²) in [5.41, 5.74) is 3.11. The van der Waals surface area contributed by atoms with E-state index in [1.54, 1.807) is 45.0 Å². The van der Waals surface area contributed by atoms with Gasteiger partial charge in [-0.05, 0) is 110 Å². The van der Waals surface area contributed by atoms with Crippen LogP contribution in [-0.4, -0.2) is 16.2 Å². The molecule has 2 aromatic carbocycles. The van der Waals surface area contributed by atoms with Gasteiger partial charge in [0.15, 0.2) is 0 Å². The Morgan fingerprint density at radius 2 is 1.13 bits per heavy atom. The minimum atomic E-state index is -0.452. The average Bonchev–Trinajstić information content (AvgIpc) is 2.74. The molecular formula is C25H24O4S2. The number of allylic oxidation sites excluding steroid dienone is 1. The number of benzene rings is 2. The number of hydrogen-bond donors (Lipinski definition) is 0. The topological polar surface area (TPSA) is 60.4 Å². The van der Waals surface area contributed by atoms with Crippen LogP contribution in [0.1, 0.15) is 33.3 Å². The van der Waals surface area contributed by atoms with Crippen LogP contribution in [0.25, 0.3) is 5.57 Å². The maximum atomic E-state index is 12.6. The molecule has 0 aliphatic carbocycles. The first-order valence-electron chi connectivity index (χ1n) is 9.44. The molecule has 0 aliphatic rings. The standard InChI is InChI=1S/C25H24O4S2/c1-15(2)24(27)30-21-11-7-19(8-12-21)17(5)18(6)23(26)29-20-9-13-22(14-10-20)31-25(28)16(3)4/h7-14H,1,3H2,2,4-6H3. The van der Waals surface area contributed by atoms with Gasteiger partial charge in [-0.25, -0.2) is 4.79 Å². The molecule has 2 rings (SSSR count). The molecule has 0 fully saturated rings. The van der Waals surface area contributed by atoms with E-state index in [0.29, 0.717) is 22.5 Å². The summed E-state index contributed by atoms with van der Waals surface area (Å²) in [6.07, 6.45) is 0. The quantitative estimate of drug-likeness (QED) is 0.207. The summed E-state index contributed by atoms with van der Waals surface area (Å²) in [7, 11) is 0. The maximum absolute atomic E-state index is 12.6. The van der Waals surface area contributed by atoms with Crippen molar-refractivity contribution in [3.8, 4) is 5.75 Å². The average molecular weight is 453 g/mol. The lowest BCUT2D eigenvalue weighted by molar-refractivity contribution is -0.130. The molecule has 0 aromatic heterocycles. The highest BCUT2D eigenvalue weighted by Crippen LogP contribution is 2.27. The van der Waals surface area contributed by atoms with Crippen LogP contribution in [0.2, 0.25) is 0 Å². The molecular weight excluding hydrogens is 428 g/mol. The zero-order valence-electron chi connectivity index (χ0n) is 18.0. The molecule has 0 atom stereocenters. The third kappa shape index (κ3) is 7.12. The summed E-state index contributed by atoms with van der Waals surface area (Å²) in [6, 6.07) is 14.2. The summed E-state index contributed by atoms with van der Waals surface area (Å²) in [5, 5.41) is -0.180. The van der Waals surface area contributed by atoms with Gasteiger partial charge in [-0.1, -0.05) is 25.3 Å². The van der Waals surface area contributed by atoms with Gasteiger partial charge in [0, 0.05) is 15.4 Å². The van der Waals surface area contributed by atoms with E-state index in [2.05, 4.69) is 13.2 Å². The molecule has 2 aromatic rings. The van der Waals surface area contributed by atoms with Crippen molar-refractivity contribution >= 4 is 45.3 Å². The second-order valence-electron chi connectivity index (χ2n) is 6.98. The van der Waals surface area contributed by atoms with Gasteiger partial charge in [0.2, 0.25) is 10.2 Å². The van der Waals surface area contributed by atoms with Crippen LogP contribution in [0.15, 0.2) is 88.2 Å². The number of rotatable bonds is 7. The largest absolute Gasteiger partial charge is 0.423 e. The van der Waals surface area contributed by atoms with Crippen LogP contribution in [0.3, 0.4) is 0 Å². The maximum Gasteiger partial charge on any atom is 0.339 e. The SMILES string of the molecule is C=C(C)C(=O)Sc1ccc(OC(=O)C(C)=C(C)c2ccc(SC(=O)C(=C)C)cc2)cc1. The number of ether oxygens (including phenoxy) is 1. The van der Waals surface area contributed by atoms with Crippen LogP contribution in [-0.2, 0) is 14.4 Å². The fourth-order valence-electron chi connectivity index (χ4n) is 2.29. The van der Waals surface area contributed by atoms with Gasteiger partial charge < -0.3 is 4.74 Å². The van der Waals surface area contributed by atoms with E-state index in [4.69, 9.17) is 4.74 Å². The van der Waals surface area contributed by atoms with Crippen LogP contribution in [0.4, 0.5) is 0 Å². The molecule has 0 aliphatic heterocycles. The smallest absolute Gasteiger partial charge is 0.339 e. The van der Waals surface area contributed by atoms with Crippen LogP contribution in [0.5, 0.6) is 5.75 Å². The first-order valence-corrected chi connectivity index (χ1v) is 11.1. The number of carbonyl (C=O) groups excluding carboxylic acids is 3. The predicted molar refractivity (Wildman–Crippen MR) is 128 cm³/mol. The van der Waals surface area contributed by atoms with Crippen molar-refractivity contribution in [1.82, 2.24) is 0 Å². The second kappa shape index (κ2) is 11.0. The zero-order chi connectivity index (χ0) is 23.1. The Hall–Kier alpha value is -2.83. The van der Waals surface area contributed by atoms with Crippen molar-refractivity contribution in [2.45, 2.75) is 37.5 Å². The van der Waals surface area contributed by atoms with Crippen LogP contribution < -0.4 is 4.74 Å². The Morgan fingerprint density at radius 3 is 1.55 bits per heavy atom. The molecule has 160 valence electrons. The monoisotopic (exact) mass is 452 g/mol. The van der Waals surface area contributed by atoms with Gasteiger partial charge in [-0.15, -0.1) is 0 Å². The van der Waals surface area contributed by atoms with Gasteiger partial charge in [-0.2, -0.15) is 0 Å². The van der Waals surface area contributed by atoms with Crippen molar-refractivity contribution < 1.29 is 19.1 Å². The van der Waals surface area contributed by atoms with Gasteiger partial charge in [-0.3, -0.25) is 9.59 Å². The molecule has 6 heteroatoms. The molecule has 4 nitrogen and oxygen atoms in total. The molecule has 0 bridgehead atoms. The van der Waals surface area contributed by atoms with E-state index in [1.165, 1.54) is 0 Å². The molecule has 0 amide bonds. The first kappa shape index (κ1) is 24.4. The summed E-state index contributed by atoms with van der Waals surface area (Å²) < 4.78 is 5.46. The molecule has 0 N–H and O–H groups in total. The van der Waals surface area contributed by atoms with Crippen molar-refractivity contribution in [3.63, 3.8) is 0 Å². The Balaban J connectivity index is 2.07. The molecule has 0 heterocycles. The lowest BCUT2D eigenvalue weighted by Gasteiger charge is -2.10. The van der Waals surface area contributed by atoms with E-state index in [1.807, 2.05) is 31.2 Å². The molecule has 0 saturated carbocycles. The van der Waals surface area contributed by atoms with Gasteiger partial charge >= 0.3 is 5.97 Å². The van der Waals surface area contributed by atoms with E-state index in [-0.39, 0.29) is 10.2 Å². The van der Waals surface area contributed by atoms with E-state index in [9.17, 15) is 14.4 Å². The Kier molecular flexibility index (Phi) is 8.65. The third-order valence-electron chi connectivity index (χ3n) is 4.31. The Morgan fingerprint density at radius 1 is 0.710 bits per heavy atom. The van der Waals surface area contributed by atoms with Gasteiger partial charge in [0.25, 0.3) is 0 Å². The second-order valence-corrected chi connectivity index (χ2v) is 9.07. The Bertz CT molecular complexity index is 1060. The molecule has 0 saturated heterocycles. The highest BCUT2D eigenvalue weighted by molar-refractivity contribution is 8.14. The predicted octanol–water partition coefficient (Wildman–Crippen LogP) is 6.48. The molecule has 0 spiro atoms. The Labute approximate surface area is 191 Å². The number of hydrogen-bond acceptors (Lipinski definition) is 6. The third-order valence-corrected chi connectivity index (χ3v) is 6.39.